The van der Waals surface area contributed by atoms with Crippen LogP contribution in [0.2, 0.25) is 0 Å². The normalized spacial score (nSPS) is 24.7. The van der Waals surface area contributed by atoms with E-state index in [9.17, 15) is 4.79 Å². The minimum absolute atomic E-state index is 0.104. The lowest BCUT2D eigenvalue weighted by molar-refractivity contribution is -0.120. The van der Waals surface area contributed by atoms with Crippen LogP contribution in [-0.2, 0) is 16.6 Å². The molecule has 2 unspecified atom stereocenters. The second-order valence-electron chi connectivity index (χ2n) is 4.09. The van der Waals surface area contributed by atoms with Gasteiger partial charge in [-0.05, 0) is 6.92 Å². The lowest BCUT2D eigenvalue weighted by Crippen LogP contribution is -2.37. The number of hydrogen-bond acceptors (Lipinski definition) is 4. The molecule has 6 nitrogen and oxygen atoms in total. The van der Waals surface area contributed by atoms with E-state index < -0.39 is 0 Å². The summed E-state index contributed by atoms with van der Waals surface area (Å²) in [7, 11) is 1.79. The van der Waals surface area contributed by atoms with E-state index in [4.69, 9.17) is 10.5 Å². The van der Waals surface area contributed by atoms with Gasteiger partial charge < -0.3 is 15.8 Å². The van der Waals surface area contributed by atoms with Crippen LogP contribution in [0, 0.1) is 12.8 Å². The molecule has 0 aromatic carbocycles. The molecule has 1 fully saturated rings. The van der Waals surface area contributed by atoms with Gasteiger partial charge in [-0.15, -0.1) is 0 Å². The van der Waals surface area contributed by atoms with Crippen LogP contribution < -0.4 is 11.1 Å². The van der Waals surface area contributed by atoms with Gasteiger partial charge in [0.2, 0.25) is 5.91 Å². The molecule has 1 saturated heterocycles. The first kappa shape index (κ1) is 11.1. The summed E-state index contributed by atoms with van der Waals surface area (Å²) >= 11 is 0. The molecule has 2 atom stereocenters. The quantitative estimate of drug-likeness (QED) is 0.718. The Balaban J connectivity index is 2.04. The Morgan fingerprint density at radius 1 is 1.69 bits per heavy atom. The Morgan fingerprint density at radius 2 is 2.44 bits per heavy atom. The first-order valence-corrected chi connectivity index (χ1v) is 5.23. The molecule has 0 saturated carbocycles. The summed E-state index contributed by atoms with van der Waals surface area (Å²) in [6.45, 7) is 2.71. The topological polar surface area (TPSA) is 82.2 Å². The summed E-state index contributed by atoms with van der Waals surface area (Å²) in [5.41, 5.74) is 6.63. The Labute approximate surface area is 93.8 Å². The number of nitrogens with zero attached hydrogens (tertiary/aromatic N) is 2. The first-order valence-electron chi connectivity index (χ1n) is 5.23. The van der Waals surface area contributed by atoms with Crippen molar-refractivity contribution >= 4 is 11.7 Å². The average Bonchev–Trinajstić information content (AvgIpc) is 2.74. The summed E-state index contributed by atoms with van der Waals surface area (Å²) in [5.74, 6) is 0.310. The summed E-state index contributed by atoms with van der Waals surface area (Å²) < 4.78 is 6.79. The highest BCUT2D eigenvalue weighted by Gasteiger charge is 2.31. The SMILES string of the molecule is Cc1cc(NC(=O)C2COCC2N)n(C)n1. The number of hydrogen-bond donors (Lipinski definition) is 2. The first-order chi connectivity index (χ1) is 7.58. The van der Waals surface area contributed by atoms with Gasteiger partial charge in [0, 0.05) is 19.2 Å². The molecule has 1 aliphatic heterocycles. The van der Waals surface area contributed by atoms with Crippen LogP contribution in [0.5, 0.6) is 0 Å². The van der Waals surface area contributed by atoms with Gasteiger partial charge in [0.25, 0.3) is 0 Å². The van der Waals surface area contributed by atoms with E-state index >= 15 is 0 Å². The lowest BCUT2D eigenvalue weighted by atomic mass is 10.0. The highest BCUT2D eigenvalue weighted by Crippen LogP contribution is 2.15. The Kier molecular flexibility index (Phi) is 2.93. The van der Waals surface area contributed by atoms with E-state index in [0.717, 1.165) is 5.69 Å². The van der Waals surface area contributed by atoms with Crippen LogP contribution in [0.15, 0.2) is 6.07 Å². The number of rotatable bonds is 2. The van der Waals surface area contributed by atoms with Crippen LogP contribution in [-0.4, -0.2) is 34.9 Å². The van der Waals surface area contributed by atoms with Gasteiger partial charge in [-0.2, -0.15) is 5.10 Å². The van der Waals surface area contributed by atoms with E-state index in [1.807, 2.05) is 13.0 Å². The predicted octanol–water partition coefficient (Wildman–Crippen LogP) is -0.359. The second kappa shape index (κ2) is 4.23. The average molecular weight is 224 g/mol. The summed E-state index contributed by atoms with van der Waals surface area (Å²) in [5, 5.41) is 6.95. The van der Waals surface area contributed by atoms with Gasteiger partial charge in [-0.25, -0.2) is 0 Å². The van der Waals surface area contributed by atoms with Crippen molar-refractivity contribution < 1.29 is 9.53 Å². The lowest BCUT2D eigenvalue weighted by Gasteiger charge is -2.12. The van der Waals surface area contributed by atoms with Gasteiger partial charge in [0.05, 0.1) is 24.8 Å². The predicted molar refractivity (Wildman–Crippen MR) is 58.9 cm³/mol. The molecule has 0 spiro atoms. The number of carbonyl (C=O) groups is 1. The number of carbonyl (C=O) groups excluding carboxylic acids is 1. The molecule has 2 rings (SSSR count). The number of aryl methyl sites for hydroxylation is 2. The van der Waals surface area contributed by atoms with Crippen molar-refractivity contribution in [3.63, 3.8) is 0 Å². The molecule has 0 bridgehead atoms. The molecule has 1 amide bonds. The standard InChI is InChI=1S/C10H16N4O2/c1-6-3-9(14(2)13-6)12-10(15)7-4-16-5-8(7)11/h3,7-8H,4-5,11H2,1-2H3,(H,12,15). The zero-order chi connectivity index (χ0) is 11.7. The molecular weight excluding hydrogens is 208 g/mol. The highest BCUT2D eigenvalue weighted by molar-refractivity contribution is 5.92. The van der Waals surface area contributed by atoms with Crippen molar-refractivity contribution in [2.45, 2.75) is 13.0 Å². The maximum atomic E-state index is 11.9. The molecule has 2 heterocycles. The summed E-state index contributed by atoms with van der Waals surface area (Å²) in [6.07, 6.45) is 0. The van der Waals surface area contributed by atoms with Crippen molar-refractivity contribution in [2.75, 3.05) is 18.5 Å². The molecule has 6 heteroatoms. The van der Waals surface area contributed by atoms with Gasteiger partial charge in [0.15, 0.2) is 0 Å². The smallest absolute Gasteiger partial charge is 0.232 e. The molecular formula is C10H16N4O2. The van der Waals surface area contributed by atoms with Crippen LogP contribution >= 0.6 is 0 Å². The van der Waals surface area contributed by atoms with Gasteiger partial charge >= 0.3 is 0 Å². The third kappa shape index (κ3) is 2.07. The fourth-order valence-corrected chi connectivity index (χ4v) is 1.79. The number of nitrogens with one attached hydrogen (secondary N) is 1. The second-order valence-corrected chi connectivity index (χ2v) is 4.09. The van der Waals surface area contributed by atoms with E-state index in [1.165, 1.54) is 0 Å². The van der Waals surface area contributed by atoms with Crippen LogP contribution in [0.3, 0.4) is 0 Å². The van der Waals surface area contributed by atoms with Crippen LogP contribution in [0.4, 0.5) is 5.82 Å². The van der Waals surface area contributed by atoms with E-state index in [1.54, 1.807) is 11.7 Å². The molecule has 0 radical (unpaired) electrons. The van der Waals surface area contributed by atoms with Crippen molar-refractivity contribution in [1.82, 2.24) is 9.78 Å². The fourth-order valence-electron chi connectivity index (χ4n) is 1.79. The third-order valence-corrected chi connectivity index (χ3v) is 2.71. The van der Waals surface area contributed by atoms with Crippen LogP contribution in [0.1, 0.15) is 5.69 Å². The zero-order valence-corrected chi connectivity index (χ0v) is 9.43. The highest BCUT2D eigenvalue weighted by atomic mass is 16.5. The van der Waals surface area contributed by atoms with Crippen molar-refractivity contribution in [3.8, 4) is 0 Å². The number of ether oxygens (including phenoxy) is 1. The van der Waals surface area contributed by atoms with Crippen molar-refractivity contribution in [3.05, 3.63) is 11.8 Å². The molecule has 1 aliphatic rings. The number of nitrogens with two attached hydrogens (primary N) is 1. The molecule has 16 heavy (non-hydrogen) atoms. The summed E-state index contributed by atoms with van der Waals surface area (Å²) in [4.78, 5) is 11.9. The van der Waals surface area contributed by atoms with E-state index in [-0.39, 0.29) is 17.9 Å². The minimum atomic E-state index is -0.268. The number of anilines is 1. The molecule has 1 aromatic rings. The molecule has 1 aromatic heterocycles. The Bertz CT molecular complexity index is 402. The maximum absolute atomic E-state index is 11.9. The fraction of sp³-hybridized carbons (Fsp3) is 0.600. The van der Waals surface area contributed by atoms with E-state index in [0.29, 0.717) is 19.0 Å². The van der Waals surface area contributed by atoms with E-state index in [2.05, 4.69) is 10.4 Å². The number of aromatic nitrogens is 2. The third-order valence-electron chi connectivity index (χ3n) is 2.71. The molecule has 0 aliphatic carbocycles. The minimum Gasteiger partial charge on any atom is -0.379 e. The number of amides is 1. The van der Waals surface area contributed by atoms with Gasteiger partial charge in [0.1, 0.15) is 5.82 Å². The largest absolute Gasteiger partial charge is 0.379 e. The van der Waals surface area contributed by atoms with Gasteiger partial charge in [-0.1, -0.05) is 0 Å². The molecule has 3 N–H and O–H groups in total. The monoisotopic (exact) mass is 224 g/mol. The maximum Gasteiger partial charge on any atom is 0.232 e. The summed E-state index contributed by atoms with van der Waals surface area (Å²) in [6, 6.07) is 1.61. The molecule has 88 valence electrons. The van der Waals surface area contributed by atoms with Crippen molar-refractivity contribution in [2.24, 2.45) is 18.7 Å². The zero-order valence-electron chi connectivity index (χ0n) is 9.43. The Hall–Kier alpha value is -1.40. The van der Waals surface area contributed by atoms with Crippen molar-refractivity contribution in [1.29, 1.82) is 0 Å². The van der Waals surface area contributed by atoms with Gasteiger partial charge in [-0.3, -0.25) is 9.48 Å². The Morgan fingerprint density at radius 3 is 2.94 bits per heavy atom. The van der Waals surface area contributed by atoms with Crippen LogP contribution in [0.25, 0.3) is 0 Å².